The van der Waals surface area contributed by atoms with E-state index in [4.69, 9.17) is 19.3 Å². The summed E-state index contributed by atoms with van der Waals surface area (Å²) in [4.78, 5) is 14.7. The molecule has 0 radical (unpaired) electrons. The standard InChI is InChI=1S/C20H29N3O6S/c1-27-16-12-17(28-2)19(18(13-16)29-3)14-4-8-22(9-5-14)20(24)15-6-10-23(11-7-15)30(21,25)26/h4,12-13,15H,5-11H2,1-3H3,(H2,21,25,26). The number of benzene rings is 1. The molecule has 0 spiro atoms. The average molecular weight is 440 g/mol. The van der Waals surface area contributed by atoms with Crippen molar-refractivity contribution in [3.05, 3.63) is 23.8 Å². The lowest BCUT2D eigenvalue weighted by Crippen LogP contribution is -2.47. The molecule has 10 heteroatoms. The molecule has 166 valence electrons. The topological polar surface area (TPSA) is 111 Å². The lowest BCUT2D eigenvalue weighted by atomic mass is 9.93. The molecule has 0 unspecified atom stereocenters. The molecule has 0 aromatic heterocycles. The van der Waals surface area contributed by atoms with Crippen LogP contribution >= 0.6 is 0 Å². The Morgan fingerprint density at radius 1 is 1.03 bits per heavy atom. The highest BCUT2D eigenvalue weighted by atomic mass is 32.2. The third kappa shape index (κ3) is 4.71. The largest absolute Gasteiger partial charge is 0.496 e. The monoisotopic (exact) mass is 439 g/mol. The van der Waals surface area contributed by atoms with Gasteiger partial charge in [-0.15, -0.1) is 0 Å². The molecule has 0 atom stereocenters. The van der Waals surface area contributed by atoms with E-state index in [1.807, 2.05) is 23.1 Å². The van der Waals surface area contributed by atoms with Gasteiger partial charge in [0.15, 0.2) is 0 Å². The highest BCUT2D eigenvalue weighted by Gasteiger charge is 2.32. The van der Waals surface area contributed by atoms with Gasteiger partial charge in [0.2, 0.25) is 5.91 Å². The highest BCUT2D eigenvalue weighted by Crippen LogP contribution is 2.41. The number of nitrogens with zero attached hydrogens (tertiary/aromatic N) is 2. The molecule has 1 aromatic rings. The van der Waals surface area contributed by atoms with E-state index in [0.717, 1.165) is 11.1 Å². The van der Waals surface area contributed by atoms with Crippen molar-refractivity contribution in [1.82, 2.24) is 9.21 Å². The zero-order valence-corrected chi connectivity index (χ0v) is 18.4. The number of carbonyl (C=O) groups excluding carboxylic acids is 1. The van der Waals surface area contributed by atoms with E-state index >= 15 is 0 Å². The van der Waals surface area contributed by atoms with Crippen molar-refractivity contribution in [3.8, 4) is 17.2 Å². The fraction of sp³-hybridized carbons (Fsp3) is 0.550. The average Bonchev–Trinajstić information content (AvgIpc) is 2.77. The van der Waals surface area contributed by atoms with Gasteiger partial charge in [0, 0.05) is 44.2 Å². The molecule has 2 N–H and O–H groups in total. The van der Waals surface area contributed by atoms with Gasteiger partial charge in [-0.1, -0.05) is 6.08 Å². The second-order valence-electron chi connectivity index (χ2n) is 7.39. The van der Waals surface area contributed by atoms with Crippen LogP contribution in [0, 0.1) is 5.92 Å². The van der Waals surface area contributed by atoms with Crippen LogP contribution in [0.1, 0.15) is 24.8 Å². The fourth-order valence-corrected chi connectivity index (χ4v) is 4.75. The van der Waals surface area contributed by atoms with Gasteiger partial charge < -0.3 is 19.1 Å². The van der Waals surface area contributed by atoms with Crippen LogP contribution in [0.25, 0.3) is 5.57 Å². The molecule has 9 nitrogen and oxygen atoms in total. The summed E-state index contributed by atoms with van der Waals surface area (Å²) >= 11 is 0. The Kier molecular flexibility index (Phi) is 6.89. The minimum atomic E-state index is -3.69. The van der Waals surface area contributed by atoms with E-state index < -0.39 is 10.2 Å². The third-order valence-corrected chi connectivity index (χ3v) is 6.80. The van der Waals surface area contributed by atoms with Gasteiger partial charge in [-0.3, -0.25) is 4.79 Å². The molecular weight excluding hydrogens is 410 g/mol. The lowest BCUT2D eigenvalue weighted by Gasteiger charge is -2.34. The first-order chi connectivity index (χ1) is 14.3. The summed E-state index contributed by atoms with van der Waals surface area (Å²) in [6, 6.07) is 3.63. The summed E-state index contributed by atoms with van der Waals surface area (Å²) in [5.74, 6) is 1.85. The van der Waals surface area contributed by atoms with Crippen molar-refractivity contribution in [1.29, 1.82) is 0 Å². The van der Waals surface area contributed by atoms with Crippen molar-refractivity contribution in [2.75, 3.05) is 47.5 Å². The second-order valence-corrected chi connectivity index (χ2v) is 8.94. The third-order valence-electron chi connectivity index (χ3n) is 5.72. The molecule has 0 saturated carbocycles. The molecule has 1 fully saturated rings. The number of piperidine rings is 1. The Balaban J connectivity index is 1.71. The van der Waals surface area contributed by atoms with Gasteiger partial charge in [-0.2, -0.15) is 12.7 Å². The Morgan fingerprint density at radius 3 is 2.07 bits per heavy atom. The molecular formula is C20H29N3O6S. The smallest absolute Gasteiger partial charge is 0.276 e. The first kappa shape index (κ1) is 22.4. The normalized spacial score (nSPS) is 18.7. The highest BCUT2D eigenvalue weighted by molar-refractivity contribution is 7.86. The Bertz CT molecular complexity index is 897. The van der Waals surface area contributed by atoms with Gasteiger partial charge in [0.1, 0.15) is 17.2 Å². The number of ether oxygens (including phenoxy) is 3. The molecule has 0 bridgehead atoms. The van der Waals surface area contributed by atoms with Crippen molar-refractivity contribution in [2.24, 2.45) is 11.1 Å². The van der Waals surface area contributed by atoms with E-state index in [-0.39, 0.29) is 24.9 Å². The molecule has 3 rings (SSSR count). The van der Waals surface area contributed by atoms with Gasteiger partial charge in [-0.05, 0) is 24.8 Å². The molecule has 2 aliphatic heterocycles. The number of hydrogen-bond donors (Lipinski definition) is 1. The minimum Gasteiger partial charge on any atom is -0.496 e. The number of rotatable bonds is 6. The summed E-state index contributed by atoms with van der Waals surface area (Å²) in [5.41, 5.74) is 1.92. The van der Waals surface area contributed by atoms with Crippen LogP contribution in [0.15, 0.2) is 18.2 Å². The Hall–Kier alpha value is -2.30. The molecule has 1 aromatic carbocycles. The summed E-state index contributed by atoms with van der Waals surface area (Å²) in [5, 5.41) is 5.18. The number of amides is 1. The van der Waals surface area contributed by atoms with E-state index in [1.165, 1.54) is 4.31 Å². The predicted molar refractivity (Wildman–Crippen MR) is 113 cm³/mol. The number of hydrogen-bond acceptors (Lipinski definition) is 6. The van der Waals surface area contributed by atoms with Crippen molar-refractivity contribution < 1.29 is 27.4 Å². The van der Waals surface area contributed by atoms with Crippen molar-refractivity contribution >= 4 is 21.7 Å². The quantitative estimate of drug-likeness (QED) is 0.714. The van der Waals surface area contributed by atoms with E-state index in [2.05, 4.69) is 0 Å². The molecule has 2 heterocycles. The summed E-state index contributed by atoms with van der Waals surface area (Å²) < 4.78 is 40.5. The van der Waals surface area contributed by atoms with Crippen LogP contribution in [-0.4, -0.2) is 71.0 Å². The summed E-state index contributed by atoms with van der Waals surface area (Å²) in [7, 11) is 1.10. The molecule has 0 aliphatic carbocycles. The molecule has 1 saturated heterocycles. The predicted octanol–water partition coefficient (Wildman–Crippen LogP) is 1.24. The summed E-state index contributed by atoms with van der Waals surface area (Å²) in [6.07, 6.45) is 3.67. The molecule has 30 heavy (non-hydrogen) atoms. The maximum atomic E-state index is 12.9. The number of nitrogens with two attached hydrogens (primary N) is 1. The van der Waals surface area contributed by atoms with Crippen LogP contribution in [0.4, 0.5) is 0 Å². The second kappa shape index (κ2) is 9.23. The van der Waals surface area contributed by atoms with Crippen molar-refractivity contribution in [3.63, 3.8) is 0 Å². The fourth-order valence-electron chi connectivity index (χ4n) is 4.03. The first-order valence-electron chi connectivity index (χ1n) is 9.84. The number of methoxy groups -OCH3 is 3. The zero-order chi connectivity index (χ0) is 21.9. The van der Waals surface area contributed by atoms with Crippen molar-refractivity contribution in [2.45, 2.75) is 19.3 Å². The maximum Gasteiger partial charge on any atom is 0.276 e. The van der Waals surface area contributed by atoms with Gasteiger partial charge in [0.25, 0.3) is 10.2 Å². The van der Waals surface area contributed by atoms with Crippen LogP contribution in [0.5, 0.6) is 17.2 Å². The minimum absolute atomic E-state index is 0.0630. The number of carbonyl (C=O) groups is 1. The van der Waals surface area contributed by atoms with Gasteiger partial charge >= 0.3 is 0 Å². The molecule has 2 aliphatic rings. The Morgan fingerprint density at radius 2 is 1.63 bits per heavy atom. The van der Waals surface area contributed by atoms with Crippen LogP contribution in [0.3, 0.4) is 0 Å². The first-order valence-corrected chi connectivity index (χ1v) is 11.3. The van der Waals surface area contributed by atoms with Crippen LogP contribution in [0.2, 0.25) is 0 Å². The van der Waals surface area contributed by atoms with Gasteiger partial charge in [0.05, 0.1) is 26.9 Å². The zero-order valence-electron chi connectivity index (χ0n) is 17.6. The van der Waals surface area contributed by atoms with Gasteiger partial charge in [-0.25, -0.2) is 5.14 Å². The van der Waals surface area contributed by atoms with E-state index in [1.54, 1.807) is 21.3 Å². The lowest BCUT2D eigenvalue weighted by molar-refractivity contribution is -0.136. The Labute approximate surface area is 177 Å². The van der Waals surface area contributed by atoms with Crippen LogP contribution in [-0.2, 0) is 15.0 Å². The SMILES string of the molecule is COc1cc(OC)c(C2=CCN(C(=O)C3CCN(S(N)(=O)=O)CC3)CC2)c(OC)c1. The van der Waals surface area contributed by atoms with E-state index in [0.29, 0.717) is 49.6 Å². The molecule has 1 amide bonds. The van der Waals surface area contributed by atoms with E-state index in [9.17, 15) is 13.2 Å². The maximum absolute atomic E-state index is 12.9. The summed E-state index contributed by atoms with van der Waals surface area (Å²) in [6.45, 7) is 1.63. The van der Waals surface area contributed by atoms with Crippen LogP contribution < -0.4 is 19.3 Å².